The molecule has 2 atom stereocenters. The number of hydrogen-bond donors (Lipinski definition) is 2. The maximum atomic E-state index is 12.3. The first kappa shape index (κ1) is 18.5. The minimum Gasteiger partial charge on any atom is -0.337 e. The summed E-state index contributed by atoms with van der Waals surface area (Å²) in [6.07, 6.45) is 3.07. The molecule has 1 aliphatic carbocycles. The van der Waals surface area contributed by atoms with Crippen LogP contribution in [-0.2, 0) is 11.2 Å². The Kier molecular flexibility index (Phi) is 6.01. The van der Waals surface area contributed by atoms with Crippen LogP contribution in [-0.4, -0.2) is 18.0 Å². The fourth-order valence-corrected chi connectivity index (χ4v) is 3.12. The number of nitrogens with one attached hydrogen (secondary N) is 2. The molecule has 0 radical (unpaired) electrons. The van der Waals surface area contributed by atoms with Gasteiger partial charge in [-0.3, -0.25) is 4.79 Å². The Hall–Kier alpha value is -1.86. The molecule has 4 nitrogen and oxygen atoms in total. The van der Waals surface area contributed by atoms with Crippen molar-refractivity contribution in [2.24, 2.45) is 11.8 Å². The molecule has 0 aromatic heterocycles. The van der Waals surface area contributed by atoms with Crippen molar-refractivity contribution in [2.45, 2.75) is 58.5 Å². The molecular weight excluding hydrogens is 298 g/mol. The van der Waals surface area contributed by atoms with Crippen LogP contribution in [0.2, 0.25) is 0 Å². The SMILES string of the molecule is CCc1ccc([C@@H](NCC(=O)N[C@@](C)(C#N)C2CC2)C(C)C)cc1. The topological polar surface area (TPSA) is 64.9 Å². The molecule has 1 aliphatic rings. The predicted molar refractivity (Wildman–Crippen MR) is 96.3 cm³/mol. The Labute approximate surface area is 145 Å². The first-order chi connectivity index (χ1) is 11.4. The lowest BCUT2D eigenvalue weighted by Gasteiger charge is -2.26. The van der Waals surface area contributed by atoms with Gasteiger partial charge < -0.3 is 10.6 Å². The maximum absolute atomic E-state index is 12.3. The number of aryl methyl sites for hydroxylation is 1. The van der Waals surface area contributed by atoms with Crippen molar-refractivity contribution in [3.05, 3.63) is 35.4 Å². The van der Waals surface area contributed by atoms with Gasteiger partial charge in [-0.2, -0.15) is 5.26 Å². The van der Waals surface area contributed by atoms with Crippen LogP contribution in [0.4, 0.5) is 0 Å². The molecule has 1 aromatic rings. The fraction of sp³-hybridized carbons (Fsp3) is 0.600. The van der Waals surface area contributed by atoms with Crippen LogP contribution in [0.1, 0.15) is 57.7 Å². The van der Waals surface area contributed by atoms with Crippen molar-refractivity contribution in [2.75, 3.05) is 6.54 Å². The third-order valence-corrected chi connectivity index (χ3v) is 4.92. The summed E-state index contributed by atoms with van der Waals surface area (Å²) in [7, 11) is 0. The minimum absolute atomic E-state index is 0.109. The van der Waals surface area contributed by atoms with Gasteiger partial charge in [-0.1, -0.05) is 45.0 Å². The molecule has 1 fully saturated rings. The predicted octanol–water partition coefficient (Wildman–Crippen LogP) is 3.34. The molecule has 0 spiro atoms. The first-order valence-corrected chi connectivity index (χ1v) is 8.94. The highest BCUT2D eigenvalue weighted by molar-refractivity contribution is 5.79. The number of benzene rings is 1. The van der Waals surface area contributed by atoms with Crippen LogP contribution >= 0.6 is 0 Å². The molecule has 1 amide bonds. The average Bonchev–Trinajstić information content (AvgIpc) is 3.40. The van der Waals surface area contributed by atoms with Crippen molar-refractivity contribution in [3.8, 4) is 6.07 Å². The lowest BCUT2D eigenvalue weighted by atomic mass is 9.94. The van der Waals surface area contributed by atoms with Gasteiger partial charge in [-0.05, 0) is 49.1 Å². The lowest BCUT2D eigenvalue weighted by molar-refractivity contribution is -0.121. The van der Waals surface area contributed by atoms with Gasteiger partial charge in [0.25, 0.3) is 0 Å². The molecule has 0 heterocycles. The van der Waals surface area contributed by atoms with E-state index < -0.39 is 5.54 Å². The Balaban J connectivity index is 1.95. The van der Waals surface area contributed by atoms with Crippen LogP contribution in [0.3, 0.4) is 0 Å². The van der Waals surface area contributed by atoms with E-state index >= 15 is 0 Å². The van der Waals surface area contributed by atoms with E-state index in [1.165, 1.54) is 11.1 Å². The molecule has 1 saturated carbocycles. The highest BCUT2D eigenvalue weighted by Crippen LogP contribution is 2.39. The highest BCUT2D eigenvalue weighted by atomic mass is 16.2. The number of amides is 1. The van der Waals surface area contributed by atoms with Crippen LogP contribution in [0.15, 0.2) is 24.3 Å². The summed E-state index contributed by atoms with van der Waals surface area (Å²) in [6, 6.07) is 11.0. The van der Waals surface area contributed by atoms with Crippen molar-refractivity contribution in [1.29, 1.82) is 5.26 Å². The summed E-state index contributed by atoms with van der Waals surface area (Å²) >= 11 is 0. The second kappa shape index (κ2) is 7.81. The van der Waals surface area contributed by atoms with Gasteiger partial charge in [0.2, 0.25) is 5.91 Å². The molecule has 0 aliphatic heterocycles. The smallest absolute Gasteiger partial charge is 0.235 e. The Morgan fingerprint density at radius 1 is 1.33 bits per heavy atom. The van der Waals surface area contributed by atoms with Gasteiger partial charge >= 0.3 is 0 Å². The third kappa shape index (κ3) is 4.58. The molecule has 1 aromatic carbocycles. The first-order valence-electron chi connectivity index (χ1n) is 8.94. The van der Waals surface area contributed by atoms with Gasteiger partial charge in [0.15, 0.2) is 0 Å². The van der Waals surface area contributed by atoms with E-state index in [1.54, 1.807) is 0 Å². The number of nitrogens with zero attached hydrogens (tertiary/aromatic N) is 1. The van der Waals surface area contributed by atoms with Crippen LogP contribution in [0, 0.1) is 23.2 Å². The van der Waals surface area contributed by atoms with Gasteiger partial charge in [0, 0.05) is 6.04 Å². The van der Waals surface area contributed by atoms with E-state index in [-0.39, 0.29) is 18.5 Å². The molecule has 2 N–H and O–H groups in total. The van der Waals surface area contributed by atoms with Crippen molar-refractivity contribution in [3.63, 3.8) is 0 Å². The van der Waals surface area contributed by atoms with Gasteiger partial charge in [0.05, 0.1) is 12.6 Å². The summed E-state index contributed by atoms with van der Waals surface area (Å²) < 4.78 is 0. The average molecular weight is 327 g/mol. The molecule has 2 rings (SSSR count). The Morgan fingerprint density at radius 3 is 2.42 bits per heavy atom. The van der Waals surface area contributed by atoms with E-state index in [0.717, 1.165) is 19.3 Å². The standard InChI is InChI=1S/C20H29N3O/c1-5-15-6-8-16(9-7-15)19(14(2)3)22-12-18(24)23-20(4,13-21)17-10-11-17/h6-9,14,17,19,22H,5,10-12H2,1-4H3,(H,23,24)/t19-,20-/m0/s1. The zero-order chi connectivity index (χ0) is 17.7. The summed E-state index contributed by atoms with van der Waals surface area (Å²) in [5, 5.41) is 15.6. The summed E-state index contributed by atoms with van der Waals surface area (Å²) in [6.45, 7) is 8.48. The molecule has 0 unspecified atom stereocenters. The second-order valence-electron chi connectivity index (χ2n) is 7.33. The van der Waals surface area contributed by atoms with E-state index in [1.807, 2.05) is 6.92 Å². The zero-order valence-electron chi connectivity index (χ0n) is 15.2. The summed E-state index contributed by atoms with van der Waals surface area (Å²) in [4.78, 5) is 12.3. The maximum Gasteiger partial charge on any atom is 0.235 e. The molecule has 130 valence electrons. The van der Waals surface area contributed by atoms with Gasteiger partial charge in [-0.25, -0.2) is 0 Å². The third-order valence-electron chi connectivity index (χ3n) is 4.92. The number of nitriles is 1. The lowest BCUT2D eigenvalue weighted by Crippen LogP contribution is -2.50. The van der Waals surface area contributed by atoms with Gasteiger partial charge in [0.1, 0.15) is 5.54 Å². The minimum atomic E-state index is -0.727. The molecule has 24 heavy (non-hydrogen) atoms. The highest BCUT2D eigenvalue weighted by Gasteiger charge is 2.42. The van der Waals surface area contributed by atoms with Crippen molar-refractivity contribution < 1.29 is 4.79 Å². The molecule has 4 heteroatoms. The van der Waals surface area contributed by atoms with E-state index in [0.29, 0.717) is 11.8 Å². The Morgan fingerprint density at radius 2 is 1.96 bits per heavy atom. The monoisotopic (exact) mass is 327 g/mol. The normalized spacial score (nSPS) is 17.8. The van der Waals surface area contributed by atoms with Crippen LogP contribution < -0.4 is 10.6 Å². The zero-order valence-corrected chi connectivity index (χ0v) is 15.2. The second-order valence-corrected chi connectivity index (χ2v) is 7.33. The van der Waals surface area contributed by atoms with Crippen LogP contribution in [0.5, 0.6) is 0 Å². The van der Waals surface area contributed by atoms with Crippen molar-refractivity contribution >= 4 is 5.91 Å². The Bertz CT molecular complexity index is 598. The molecule has 0 bridgehead atoms. The number of rotatable bonds is 8. The number of carbonyl (C=O) groups excluding carboxylic acids is 1. The number of carbonyl (C=O) groups is 1. The quantitative estimate of drug-likeness (QED) is 0.769. The van der Waals surface area contributed by atoms with Crippen LogP contribution in [0.25, 0.3) is 0 Å². The largest absolute Gasteiger partial charge is 0.337 e. The van der Waals surface area contributed by atoms with E-state index in [4.69, 9.17) is 0 Å². The number of hydrogen-bond acceptors (Lipinski definition) is 3. The van der Waals surface area contributed by atoms with Gasteiger partial charge in [-0.15, -0.1) is 0 Å². The van der Waals surface area contributed by atoms with Crippen molar-refractivity contribution in [1.82, 2.24) is 10.6 Å². The fourth-order valence-electron chi connectivity index (χ4n) is 3.12. The summed E-state index contributed by atoms with van der Waals surface area (Å²) in [5.74, 6) is 0.562. The van der Waals surface area contributed by atoms with E-state index in [9.17, 15) is 10.1 Å². The molecule has 0 saturated heterocycles. The summed E-state index contributed by atoms with van der Waals surface area (Å²) in [5.41, 5.74) is 1.78. The molecular formula is C20H29N3O. The van der Waals surface area contributed by atoms with E-state index in [2.05, 4.69) is 61.7 Å².